The van der Waals surface area contributed by atoms with E-state index >= 15 is 0 Å². The Morgan fingerprint density at radius 1 is 0.969 bits per heavy atom. The summed E-state index contributed by atoms with van der Waals surface area (Å²) in [6.45, 7) is 4.09. The number of carbonyl (C=O) groups is 2. The molecule has 1 amide bonds. The highest BCUT2D eigenvalue weighted by Crippen LogP contribution is 2.33. The molecule has 0 spiro atoms. The third kappa shape index (κ3) is 4.80. The van der Waals surface area contributed by atoms with Crippen LogP contribution >= 0.6 is 0 Å². The van der Waals surface area contributed by atoms with Crippen molar-refractivity contribution < 1.29 is 14.3 Å². The number of hydrogen-bond acceptors (Lipinski definition) is 5. The number of esters is 1. The van der Waals surface area contributed by atoms with E-state index in [9.17, 15) is 9.59 Å². The monoisotopic (exact) mass is 429 g/mol. The Morgan fingerprint density at radius 2 is 1.75 bits per heavy atom. The molecule has 0 aliphatic carbocycles. The summed E-state index contributed by atoms with van der Waals surface area (Å²) >= 11 is 0. The molecule has 4 rings (SSSR count). The number of carbonyl (C=O) groups excluding carboxylic acids is 2. The minimum Gasteiger partial charge on any atom is -0.465 e. The van der Waals surface area contributed by atoms with Crippen LogP contribution in [-0.2, 0) is 4.74 Å². The van der Waals surface area contributed by atoms with Crippen molar-refractivity contribution in [2.45, 2.75) is 26.2 Å². The fourth-order valence-corrected chi connectivity index (χ4v) is 3.99. The number of pyridine rings is 1. The number of hydrogen-bond donors (Lipinski definition) is 1. The predicted octanol–water partition coefficient (Wildman–Crippen LogP) is 5.09. The van der Waals surface area contributed by atoms with Gasteiger partial charge in [-0.2, -0.15) is 0 Å². The number of anilines is 2. The number of amides is 1. The van der Waals surface area contributed by atoms with E-state index < -0.39 is 5.97 Å². The van der Waals surface area contributed by atoms with Gasteiger partial charge in [0.15, 0.2) is 0 Å². The summed E-state index contributed by atoms with van der Waals surface area (Å²) in [6, 6.07) is 16.6. The third-order valence-corrected chi connectivity index (χ3v) is 5.71. The average Bonchev–Trinajstić information content (AvgIpc) is 2.84. The SMILES string of the molecule is COC(=O)c1cccc(C(=O)Nc2ccc(N3CCCCC3)cc2-c2cc(C)ccn2)c1. The van der Waals surface area contributed by atoms with Crippen LogP contribution in [0.15, 0.2) is 60.8 Å². The van der Waals surface area contributed by atoms with Crippen LogP contribution in [0.4, 0.5) is 11.4 Å². The fourth-order valence-electron chi connectivity index (χ4n) is 3.99. The number of nitrogens with one attached hydrogen (secondary N) is 1. The molecular formula is C26H27N3O3. The van der Waals surface area contributed by atoms with Gasteiger partial charge in [0, 0.05) is 36.1 Å². The molecule has 0 unspecified atom stereocenters. The lowest BCUT2D eigenvalue weighted by atomic mass is 10.0. The molecule has 32 heavy (non-hydrogen) atoms. The van der Waals surface area contributed by atoms with Gasteiger partial charge in [0.25, 0.3) is 5.91 Å². The summed E-state index contributed by atoms with van der Waals surface area (Å²) in [5.41, 5.74) is 5.31. The second kappa shape index (κ2) is 9.64. The molecule has 1 aromatic heterocycles. The van der Waals surface area contributed by atoms with Crippen molar-refractivity contribution in [2.75, 3.05) is 30.4 Å². The van der Waals surface area contributed by atoms with Gasteiger partial charge in [-0.25, -0.2) is 4.79 Å². The van der Waals surface area contributed by atoms with Crippen LogP contribution in [0.3, 0.4) is 0 Å². The molecule has 2 heterocycles. The van der Waals surface area contributed by atoms with Crippen LogP contribution in [-0.4, -0.2) is 37.1 Å². The second-order valence-corrected chi connectivity index (χ2v) is 8.02. The van der Waals surface area contributed by atoms with Gasteiger partial charge in [-0.1, -0.05) is 6.07 Å². The van der Waals surface area contributed by atoms with Crippen LogP contribution in [0.5, 0.6) is 0 Å². The van der Waals surface area contributed by atoms with E-state index in [1.54, 1.807) is 24.4 Å². The lowest BCUT2D eigenvalue weighted by molar-refractivity contribution is 0.0600. The van der Waals surface area contributed by atoms with Crippen molar-refractivity contribution in [3.8, 4) is 11.3 Å². The molecule has 1 N–H and O–H groups in total. The van der Waals surface area contributed by atoms with Crippen LogP contribution in [0.25, 0.3) is 11.3 Å². The number of piperidine rings is 1. The van der Waals surface area contributed by atoms with Crippen molar-refractivity contribution in [1.29, 1.82) is 0 Å². The molecule has 1 aliphatic heterocycles. The highest BCUT2D eigenvalue weighted by atomic mass is 16.5. The number of aromatic nitrogens is 1. The van der Waals surface area contributed by atoms with E-state index in [1.807, 2.05) is 31.2 Å². The summed E-state index contributed by atoms with van der Waals surface area (Å²) < 4.78 is 4.76. The maximum absolute atomic E-state index is 13.0. The lowest BCUT2D eigenvalue weighted by Gasteiger charge is -2.29. The van der Waals surface area contributed by atoms with E-state index in [0.717, 1.165) is 35.6 Å². The van der Waals surface area contributed by atoms with E-state index in [2.05, 4.69) is 21.3 Å². The Morgan fingerprint density at radius 3 is 2.50 bits per heavy atom. The molecule has 0 bridgehead atoms. The summed E-state index contributed by atoms with van der Waals surface area (Å²) in [4.78, 5) is 31.8. The number of aryl methyl sites for hydroxylation is 1. The minimum absolute atomic E-state index is 0.296. The topological polar surface area (TPSA) is 71.5 Å². The largest absolute Gasteiger partial charge is 0.465 e. The van der Waals surface area contributed by atoms with Gasteiger partial charge in [-0.3, -0.25) is 9.78 Å². The third-order valence-electron chi connectivity index (χ3n) is 5.71. The minimum atomic E-state index is -0.477. The first kappa shape index (κ1) is 21.6. The van der Waals surface area contributed by atoms with Crippen LogP contribution in [0.2, 0.25) is 0 Å². The molecule has 1 fully saturated rings. The Hall–Kier alpha value is -3.67. The van der Waals surface area contributed by atoms with Crippen molar-refractivity contribution in [1.82, 2.24) is 4.98 Å². The van der Waals surface area contributed by atoms with Gasteiger partial charge in [-0.15, -0.1) is 0 Å². The Balaban J connectivity index is 1.68. The average molecular weight is 430 g/mol. The molecule has 6 heteroatoms. The Labute approximate surface area is 188 Å². The van der Waals surface area contributed by atoms with E-state index in [-0.39, 0.29) is 5.91 Å². The highest BCUT2D eigenvalue weighted by molar-refractivity contribution is 6.07. The number of nitrogens with zero attached hydrogens (tertiary/aromatic N) is 2. The summed E-state index contributed by atoms with van der Waals surface area (Å²) in [6.07, 6.45) is 5.42. The molecule has 1 saturated heterocycles. The normalized spacial score (nSPS) is 13.5. The number of rotatable bonds is 5. The first-order chi connectivity index (χ1) is 15.5. The lowest BCUT2D eigenvalue weighted by Crippen LogP contribution is -2.29. The number of methoxy groups -OCH3 is 1. The zero-order valence-electron chi connectivity index (χ0n) is 18.4. The highest BCUT2D eigenvalue weighted by Gasteiger charge is 2.17. The molecule has 1 aliphatic rings. The zero-order valence-corrected chi connectivity index (χ0v) is 18.4. The van der Waals surface area contributed by atoms with E-state index in [4.69, 9.17) is 4.74 Å². The van der Waals surface area contributed by atoms with E-state index in [1.165, 1.54) is 32.4 Å². The van der Waals surface area contributed by atoms with Gasteiger partial charge >= 0.3 is 5.97 Å². The first-order valence-electron chi connectivity index (χ1n) is 10.9. The number of ether oxygens (including phenoxy) is 1. The van der Waals surface area contributed by atoms with E-state index in [0.29, 0.717) is 16.8 Å². The fraction of sp³-hybridized carbons (Fsp3) is 0.269. The zero-order chi connectivity index (χ0) is 22.5. The van der Waals surface area contributed by atoms with Gasteiger partial charge in [0.05, 0.1) is 24.1 Å². The number of benzene rings is 2. The molecule has 0 saturated carbocycles. The Kier molecular flexibility index (Phi) is 6.50. The maximum atomic E-state index is 13.0. The smallest absolute Gasteiger partial charge is 0.337 e. The maximum Gasteiger partial charge on any atom is 0.337 e. The summed E-state index contributed by atoms with van der Waals surface area (Å²) in [7, 11) is 1.32. The van der Waals surface area contributed by atoms with Gasteiger partial charge in [-0.05, 0) is 80.3 Å². The summed E-state index contributed by atoms with van der Waals surface area (Å²) in [5.74, 6) is -0.773. The quantitative estimate of drug-likeness (QED) is 0.572. The van der Waals surface area contributed by atoms with Gasteiger partial charge < -0.3 is 15.0 Å². The Bertz CT molecular complexity index is 1140. The molecular weight excluding hydrogens is 402 g/mol. The van der Waals surface area contributed by atoms with Crippen molar-refractivity contribution in [2.24, 2.45) is 0 Å². The van der Waals surface area contributed by atoms with Crippen LogP contribution < -0.4 is 10.2 Å². The van der Waals surface area contributed by atoms with Gasteiger partial charge in [0.1, 0.15) is 0 Å². The summed E-state index contributed by atoms with van der Waals surface area (Å²) in [5, 5.41) is 3.01. The molecule has 2 aromatic carbocycles. The van der Waals surface area contributed by atoms with Crippen LogP contribution in [0, 0.1) is 6.92 Å². The molecule has 3 aromatic rings. The van der Waals surface area contributed by atoms with Crippen LogP contribution in [0.1, 0.15) is 45.5 Å². The van der Waals surface area contributed by atoms with Gasteiger partial charge in [0.2, 0.25) is 0 Å². The van der Waals surface area contributed by atoms with Crippen molar-refractivity contribution in [3.05, 3.63) is 77.5 Å². The molecule has 0 radical (unpaired) electrons. The second-order valence-electron chi connectivity index (χ2n) is 8.02. The molecule has 164 valence electrons. The predicted molar refractivity (Wildman–Crippen MR) is 126 cm³/mol. The first-order valence-corrected chi connectivity index (χ1v) is 10.9. The molecule has 0 atom stereocenters. The van der Waals surface area contributed by atoms with Crippen molar-refractivity contribution >= 4 is 23.3 Å². The standard InChI is InChI=1S/C26H27N3O3/c1-18-11-12-27-24(15-18)22-17-21(29-13-4-3-5-14-29)9-10-23(22)28-25(30)19-7-6-8-20(16-19)26(31)32-2/h6-12,15-17H,3-5,13-14H2,1-2H3,(H,28,30). The molecule has 6 nitrogen and oxygen atoms in total. The van der Waals surface area contributed by atoms with Crippen molar-refractivity contribution in [3.63, 3.8) is 0 Å².